The summed E-state index contributed by atoms with van der Waals surface area (Å²) in [6, 6.07) is -0.595. The van der Waals surface area contributed by atoms with Crippen LogP contribution in [-0.2, 0) is 56.0 Å². The van der Waals surface area contributed by atoms with Crippen molar-refractivity contribution < 1.29 is 53.4 Å². The molecule has 350 valence electrons. The Hall–Kier alpha value is -6.38. The van der Waals surface area contributed by atoms with E-state index in [1.807, 2.05) is 0 Å². The van der Waals surface area contributed by atoms with Gasteiger partial charge in [-0.3, -0.25) is 38.4 Å². The highest BCUT2D eigenvalue weighted by molar-refractivity contribution is 5.98. The van der Waals surface area contributed by atoms with E-state index in [2.05, 4.69) is 36.6 Å². The van der Waals surface area contributed by atoms with Crippen LogP contribution in [0.4, 0.5) is 0 Å². The number of nitrogens with two attached hydrogens (primary N) is 1. The van der Waals surface area contributed by atoms with Crippen molar-refractivity contribution in [3.8, 4) is 0 Å². The highest BCUT2D eigenvalue weighted by Crippen LogP contribution is 2.22. The van der Waals surface area contributed by atoms with Crippen LogP contribution in [0.1, 0.15) is 84.4 Å². The molecule has 0 spiro atoms. The van der Waals surface area contributed by atoms with Crippen LogP contribution in [0.2, 0.25) is 0 Å². The van der Waals surface area contributed by atoms with Crippen molar-refractivity contribution in [2.45, 2.75) is 134 Å². The second-order valence-corrected chi connectivity index (χ2v) is 16.8. The van der Waals surface area contributed by atoms with Crippen molar-refractivity contribution in [1.82, 2.24) is 46.4 Å². The summed E-state index contributed by atoms with van der Waals surface area (Å²) in [5, 5.41) is 32.3. The zero-order valence-corrected chi connectivity index (χ0v) is 36.9. The summed E-state index contributed by atoms with van der Waals surface area (Å²) < 4.78 is 0. The Kier molecular flexibility index (Phi) is 18.3. The molecule has 0 aliphatic carbocycles. The molecule has 0 bridgehead atoms. The average Bonchev–Trinajstić information content (AvgIpc) is 4.06. The maximum Gasteiger partial charge on any atom is 0.326 e. The molecule has 21 heteroatoms. The number of carbonyl (C=O) groups is 9. The van der Waals surface area contributed by atoms with Gasteiger partial charge in [-0.05, 0) is 50.0 Å². The first-order chi connectivity index (χ1) is 30.3. The van der Waals surface area contributed by atoms with Crippen molar-refractivity contribution in [1.29, 1.82) is 0 Å². The van der Waals surface area contributed by atoms with E-state index in [1.54, 1.807) is 58.0 Å². The van der Waals surface area contributed by atoms with Gasteiger partial charge in [-0.1, -0.05) is 64.4 Å². The number of carbonyl (C=O) groups excluding carboxylic acids is 7. The van der Waals surface area contributed by atoms with Crippen molar-refractivity contribution in [2.24, 2.45) is 17.6 Å². The minimum Gasteiger partial charge on any atom is -0.481 e. The summed E-state index contributed by atoms with van der Waals surface area (Å²) in [4.78, 5) is 128. The number of rotatable bonds is 22. The lowest BCUT2D eigenvalue weighted by atomic mass is 9.97. The minimum atomic E-state index is -1.35. The Morgan fingerprint density at radius 2 is 1.34 bits per heavy atom. The number of nitrogens with one attached hydrogen (secondary N) is 6. The third-order valence-electron chi connectivity index (χ3n) is 11.7. The van der Waals surface area contributed by atoms with Gasteiger partial charge in [0.1, 0.15) is 42.3 Å². The van der Waals surface area contributed by atoms with Crippen molar-refractivity contribution in [2.75, 3.05) is 13.1 Å². The number of aromatic nitrogens is 2. The monoisotopic (exact) mass is 894 g/mol. The molecule has 1 aromatic heterocycles. The lowest BCUT2D eigenvalue weighted by molar-refractivity contribution is -0.145. The van der Waals surface area contributed by atoms with Gasteiger partial charge in [0.15, 0.2) is 0 Å². The van der Waals surface area contributed by atoms with E-state index < -0.39 is 120 Å². The first-order valence-corrected chi connectivity index (χ1v) is 21.7. The predicted octanol–water partition coefficient (Wildman–Crippen LogP) is -0.791. The second-order valence-electron chi connectivity index (χ2n) is 16.8. The van der Waals surface area contributed by atoms with Gasteiger partial charge >= 0.3 is 11.9 Å². The highest BCUT2D eigenvalue weighted by Gasteiger charge is 2.42. The number of nitrogens with zero attached hydrogens (tertiary/aromatic N) is 3. The lowest BCUT2D eigenvalue weighted by Gasteiger charge is -2.31. The molecule has 2 fully saturated rings. The molecule has 10 N–H and O–H groups in total. The van der Waals surface area contributed by atoms with Crippen LogP contribution in [0.5, 0.6) is 0 Å². The van der Waals surface area contributed by atoms with Crippen molar-refractivity contribution in [3.05, 3.63) is 54.1 Å². The normalized spacial score (nSPS) is 19.3. The number of carboxylic acids is 2. The molecule has 2 aromatic rings. The van der Waals surface area contributed by atoms with Gasteiger partial charge in [0.2, 0.25) is 41.4 Å². The molecule has 1 aromatic carbocycles. The number of hydrogen-bond acceptors (Lipinski definition) is 11. The second kappa shape index (κ2) is 23.3. The molecular formula is C43H62N10O11. The molecule has 3 heterocycles. The quantitative estimate of drug-likeness (QED) is 0.0701. The van der Waals surface area contributed by atoms with Crippen LogP contribution in [0.25, 0.3) is 0 Å². The van der Waals surface area contributed by atoms with E-state index >= 15 is 0 Å². The Bertz CT molecular complexity index is 1980. The van der Waals surface area contributed by atoms with Gasteiger partial charge in [-0.2, -0.15) is 0 Å². The van der Waals surface area contributed by atoms with Crippen molar-refractivity contribution in [3.63, 3.8) is 0 Å². The zero-order valence-electron chi connectivity index (χ0n) is 36.9. The number of aromatic amines is 1. The molecular weight excluding hydrogens is 833 g/mol. The Morgan fingerprint density at radius 1 is 0.750 bits per heavy atom. The first-order valence-electron chi connectivity index (χ1n) is 21.7. The number of likely N-dealkylation sites (tertiary alicyclic amines) is 2. The maximum absolute atomic E-state index is 14.3. The number of benzene rings is 1. The topological polar surface area (TPSA) is 315 Å². The third kappa shape index (κ3) is 13.6. The molecule has 2 aliphatic rings. The Labute approximate surface area is 371 Å². The molecule has 2 aliphatic heterocycles. The molecule has 0 radical (unpaired) electrons. The molecule has 4 rings (SSSR count). The van der Waals surface area contributed by atoms with E-state index in [4.69, 9.17) is 10.8 Å². The summed E-state index contributed by atoms with van der Waals surface area (Å²) in [7, 11) is 0. The molecule has 7 amide bonds. The summed E-state index contributed by atoms with van der Waals surface area (Å²) in [5.74, 6) is -8.18. The number of hydrogen-bond donors (Lipinski definition) is 9. The number of imidazole rings is 1. The summed E-state index contributed by atoms with van der Waals surface area (Å²) in [5.41, 5.74) is 6.98. The first kappa shape index (κ1) is 50.3. The SMILES string of the molecule is CC[C@H](C)[C@H](NC(=O)[C@H](C)NC(=O)[C@@H](NC(=O)[C@@H]1CCCN1C(=O)[C@@H](N)CC(=O)O)C(C)C)C(=O)N[C@@H](Cc1cnc[nH]1)C(=O)N1CCC[C@H]1C(=O)N[C@@H](Cc1ccccc1)C(=O)O. The predicted molar refractivity (Wildman–Crippen MR) is 229 cm³/mol. The molecule has 9 atom stereocenters. The van der Waals surface area contributed by atoms with Gasteiger partial charge in [-0.25, -0.2) is 9.78 Å². The van der Waals surface area contributed by atoms with Crippen LogP contribution in [0.15, 0.2) is 42.9 Å². The van der Waals surface area contributed by atoms with E-state index in [9.17, 15) is 48.3 Å². The van der Waals surface area contributed by atoms with Crippen LogP contribution in [-0.4, -0.2) is 145 Å². The highest BCUT2D eigenvalue weighted by atomic mass is 16.4. The van der Waals surface area contributed by atoms with E-state index in [0.717, 1.165) is 0 Å². The minimum absolute atomic E-state index is 0.0260. The van der Waals surface area contributed by atoms with Gasteiger partial charge < -0.3 is 57.3 Å². The van der Waals surface area contributed by atoms with Crippen LogP contribution in [0.3, 0.4) is 0 Å². The number of aliphatic carboxylic acids is 2. The van der Waals surface area contributed by atoms with Gasteiger partial charge in [0, 0.05) is 37.8 Å². The summed E-state index contributed by atoms with van der Waals surface area (Å²) >= 11 is 0. The molecule has 2 saturated heterocycles. The third-order valence-corrected chi connectivity index (χ3v) is 11.7. The standard InChI is InChI=1S/C43H62N10O11/c1-6-24(4)35(51-36(56)25(5)47-39(59)34(23(2)3)50-38(58)32-15-10-16-52(32)41(61)28(44)20-33(54)55)40(60)48-29(19-27-21-45-22-46-27)42(62)53-17-11-14-31(53)37(57)49-30(43(63)64)18-26-12-8-7-9-13-26/h7-9,12-13,21-25,28-32,34-35H,6,10-11,14-20,44H2,1-5H3,(H,45,46)(H,47,59)(H,48,60)(H,49,57)(H,50,58)(H,51,56)(H,54,55)(H,63,64)/t24-,25-,28-,29-,30-,31-,32-,34-,35-/m0/s1. The Morgan fingerprint density at radius 3 is 1.89 bits per heavy atom. The van der Waals surface area contributed by atoms with Crippen LogP contribution >= 0.6 is 0 Å². The molecule has 0 unspecified atom stereocenters. The zero-order chi connectivity index (χ0) is 47.2. The molecule has 64 heavy (non-hydrogen) atoms. The molecule has 21 nitrogen and oxygen atoms in total. The Balaban J connectivity index is 1.44. The average molecular weight is 895 g/mol. The number of amides is 7. The smallest absolute Gasteiger partial charge is 0.326 e. The van der Waals surface area contributed by atoms with Gasteiger partial charge in [0.25, 0.3) is 0 Å². The fourth-order valence-corrected chi connectivity index (χ4v) is 7.82. The fraction of sp³-hybridized carbons (Fsp3) is 0.581. The van der Waals surface area contributed by atoms with Crippen LogP contribution in [0, 0.1) is 11.8 Å². The number of carboxylic acid groups (broad SMARTS) is 2. The summed E-state index contributed by atoms with van der Waals surface area (Å²) in [6.45, 7) is 8.64. The lowest BCUT2D eigenvalue weighted by Crippen LogP contribution is -2.61. The van der Waals surface area contributed by atoms with Gasteiger partial charge in [-0.15, -0.1) is 0 Å². The van der Waals surface area contributed by atoms with E-state index in [1.165, 1.54) is 29.2 Å². The molecule has 0 saturated carbocycles. The van der Waals surface area contributed by atoms with E-state index in [-0.39, 0.29) is 38.8 Å². The van der Waals surface area contributed by atoms with Gasteiger partial charge in [0.05, 0.1) is 18.8 Å². The number of H-pyrrole nitrogens is 1. The van der Waals surface area contributed by atoms with Crippen molar-refractivity contribution >= 4 is 53.3 Å². The fourth-order valence-electron chi connectivity index (χ4n) is 7.82. The van der Waals surface area contributed by atoms with E-state index in [0.29, 0.717) is 30.5 Å². The van der Waals surface area contributed by atoms with Crippen LogP contribution < -0.4 is 32.3 Å². The summed E-state index contributed by atoms with van der Waals surface area (Å²) in [6.07, 6.45) is 4.10. The largest absolute Gasteiger partial charge is 0.481 e. The maximum atomic E-state index is 14.3.